The first-order valence-corrected chi connectivity index (χ1v) is 7.68. The van der Waals surface area contributed by atoms with Crippen LogP contribution in [0.4, 0.5) is 4.79 Å². The maximum atomic E-state index is 11.7. The highest BCUT2D eigenvalue weighted by Gasteiger charge is 2.20. The van der Waals surface area contributed by atoms with E-state index in [4.69, 9.17) is 4.74 Å². The van der Waals surface area contributed by atoms with E-state index < -0.39 is 0 Å². The van der Waals surface area contributed by atoms with Crippen LogP contribution in [0.1, 0.15) is 32.8 Å². The van der Waals surface area contributed by atoms with Crippen molar-refractivity contribution >= 4 is 6.03 Å². The molecule has 1 unspecified atom stereocenters. The van der Waals surface area contributed by atoms with Crippen molar-refractivity contribution in [2.45, 2.75) is 40.2 Å². The predicted molar refractivity (Wildman–Crippen MR) is 88.2 cm³/mol. The molecule has 124 valence electrons. The van der Waals surface area contributed by atoms with Gasteiger partial charge in [-0.05, 0) is 37.8 Å². The minimum atomic E-state index is -0.372. The molecule has 1 aromatic rings. The first kappa shape index (κ1) is 18.3. The number of aryl methyl sites for hydroxylation is 1. The fraction of sp³-hybridized carbons (Fsp3) is 0.588. The van der Waals surface area contributed by atoms with Gasteiger partial charge in [-0.15, -0.1) is 0 Å². The van der Waals surface area contributed by atoms with Gasteiger partial charge in [0.05, 0.1) is 12.6 Å². The highest BCUT2D eigenvalue weighted by Crippen LogP contribution is 2.20. The third kappa shape index (κ3) is 7.88. The monoisotopic (exact) mass is 308 g/mol. The van der Waals surface area contributed by atoms with Crippen molar-refractivity contribution in [2.75, 3.05) is 19.7 Å². The summed E-state index contributed by atoms with van der Waals surface area (Å²) in [5.41, 5.74) is 1.05. The van der Waals surface area contributed by atoms with E-state index in [-0.39, 0.29) is 17.6 Å². The van der Waals surface area contributed by atoms with Crippen molar-refractivity contribution in [3.63, 3.8) is 0 Å². The van der Waals surface area contributed by atoms with E-state index in [0.29, 0.717) is 26.1 Å². The number of urea groups is 1. The predicted octanol–water partition coefficient (Wildman–Crippen LogP) is 2.47. The summed E-state index contributed by atoms with van der Waals surface area (Å²) in [4.78, 5) is 11.7. The largest absolute Gasteiger partial charge is 0.492 e. The van der Waals surface area contributed by atoms with E-state index in [2.05, 4.69) is 10.6 Å². The molecule has 5 heteroatoms. The zero-order valence-electron chi connectivity index (χ0n) is 14.0. The Morgan fingerprint density at radius 2 is 1.91 bits per heavy atom. The van der Waals surface area contributed by atoms with E-state index in [0.717, 1.165) is 5.75 Å². The zero-order valence-corrected chi connectivity index (χ0v) is 14.0. The Bertz CT molecular complexity index is 455. The topological polar surface area (TPSA) is 70.6 Å². The van der Waals surface area contributed by atoms with E-state index >= 15 is 0 Å². The molecule has 0 aliphatic heterocycles. The van der Waals surface area contributed by atoms with E-state index in [1.807, 2.05) is 45.0 Å². The van der Waals surface area contributed by atoms with E-state index in [9.17, 15) is 9.90 Å². The highest BCUT2D eigenvalue weighted by atomic mass is 16.5. The Morgan fingerprint density at radius 1 is 1.27 bits per heavy atom. The Morgan fingerprint density at radius 3 is 2.50 bits per heavy atom. The minimum absolute atomic E-state index is 0.135. The summed E-state index contributed by atoms with van der Waals surface area (Å²) >= 11 is 0. The first-order chi connectivity index (χ1) is 10.3. The molecule has 0 saturated heterocycles. The number of rotatable bonds is 8. The lowest BCUT2D eigenvalue weighted by atomic mass is 9.87. The molecule has 0 heterocycles. The molecule has 0 bridgehead atoms. The van der Waals surface area contributed by atoms with Crippen LogP contribution < -0.4 is 15.4 Å². The summed E-state index contributed by atoms with van der Waals surface area (Å²) in [5, 5.41) is 15.0. The quantitative estimate of drug-likeness (QED) is 0.646. The van der Waals surface area contributed by atoms with Crippen LogP contribution in [0.3, 0.4) is 0 Å². The molecule has 1 aromatic carbocycles. The number of hydrogen-bond acceptors (Lipinski definition) is 3. The van der Waals surface area contributed by atoms with Gasteiger partial charge in [-0.3, -0.25) is 0 Å². The van der Waals surface area contributed by atoms with Crippen LogP contribution in [0.15, 0.2) is 24.3 Å². The van der Waals surface area contributed by atoms with Crippen LogP contribution >= 0.6 is 0 Å². The standard InChI is InChI=1S/C17H28N2O3/c1-13-5-7-15(8-6-13)22-10-9-18-16(21)19-12-17(3,4)11-14(2)20/h5-8,14,20H,9-12H2,1-4H3,(H2,18,19,21). The third-order valence-corrected chi connectivity index (χ3v) is 3.25. The van der Waals surface area contributed by atoms with E-state index in [1.165, 1.54) is 5.56 Å². The zero-order chi connectivity index (χ0) is 16.6. The number of carbonyl (C=O) groups is 1. The third-order valence-electron chi connectivity index (χ3n) is 3.25. The van der Waals surface area contributed by atoms with Gasteiger partial charge in [0.1, 0.15) is 12.4 Å². The SMILES string of the molecule is Cc1ccc(OCCNC(=O)NCC(C)(C)CC(C)O)cc1. The molecule has 0 spiro atoms. The van der Waals surface area contributed by atoms with Crippen LogP contribution in [-0.2, 0) is 0 Å². The second kappa shape index (κ2) is 8.63. The molecule has 2 amide bonds. The van der Waals surface area contributed by atoms with Gasteiger partial charge in [0.2, 0.25) is 0 Å². The van der Waals surface area contributed by atoms with Crippen molar-refractivity contribution in [1.82, 2.24) is 10.6 Å². The molecule has 3 N–H and O–H groups in total. The summed E-state index contributed by atoms with van der Waals surface area (Å²) in [6.45, 7) is 9.19. The van der Waals surface area contributed by atoms with Crippen LogP contribution in [0.25, 0.3) is 0 Å². The van der Waals surface area contributed by atoms with Gasteiger partial charge in [0.15, 0.2) is 0 Å². The molecule has 0 radical (unpaired) electrons. The van der Waals surface area contributed by atoms with Gasteiger partial charge in [-0.25, -0.2) is 4.79 Å². The smallest absolute Gasteiger partial charge is 0.314 e. The molecule has 1 rings (SSSR count). The lowest BCUT2D eigenvalue weighted by molar-refractivity contribution is 0.128. The fourth-order valence-electron chi connectivity index (χ4n) is 2.22. The van der Waals surface area contributed by atoms with Crippen molar-refractivity contribution < 1.29 is 14.6 Å². The maximum Gasteiger partial charge on any atom is 0.314 e. The second-order valence-electron chi connectivity index (χ2n) is 6.49. The highest BCUT2D eigenvalue weighted by molar-refractivity contribution is 5.73. The maximum absolute atomic E-state index is 11.7. The lowest BCUT2D eigenvalue weighted by Crippen LogP contribution is -2.42. The molecule has 0 aromatic heterocycles. The molecular formula is C17H28N2O3. The van der Waals surface area contributed by atoms with Crippen molar-refractivity contribution in [3.05, 3.63) is 29.8 Å². The molecular weight excluding hydrogens is 280 g/mol. The molecule has 0 fully saturated rings. The number of carbonyl (C=O) groups excluding carboxylic acids is 1. The number of hydrogen-bond donors (Lipinski definition) is 3. The number of amides is 2. The number of aliphatic hydroxyl groups excluding tert-OH is 1. The molecule has 22 heavy (non-hydrogen) atoms. The Balaban J connectivity index is 2.17. The summed E-state index contributed by atoms with van der Waals surface area (Å²) in [7, 11) is 0. The lowest BCUT2D eigenvalue weighted by Gasteiger charge is -2.26. The normalized spacial score (nSPS) is 12.6. The average molecular weight is 308 g/mol. The van der Waals surface area contributed by atoms with Crippen LogP contribution in [-0.4, -0.2) is 36.9 Å². The van der Waals surface area contributed by atoms with Gasteiger partial charge >= 0.3 is 6.03 Å². The summed E-state index contributed by atoms with van der Waals surface area (Å²) in [6, 6.07) is 7.58. The van der Waals surface area contributed by atoms with Gasteiger partial charge in [-0.2, -0.15) is 0 Å². The van der Waals surface area contributed by atoms with Gasteiger partial charge in [0.25, 0.3) is 0 Å². The molecule has 0 aliphatic carbocycles. The number of nitrogens with one attached hydrogen (secondary N) is 2. The summed E-state index contributed by atoms with van der Waals surface area (Å²) < 4.78 is 5.53. The van der Waals surface area contributed by atoms with Crippen LogP contribution in [0.2, 0.25) is 0 Å². The molecule has 0 saturated carbocycles. The number of benzene rings is 1. The van der Waals surface area contributed by atoms with Crippen LogP contribution in [0, 0.1) is 12.3 Å². The van der Waals surface area contributed by atoms with Gasteiger partial charge < -0.3 is 20.5 Å². The Labute approximate surface area is 133 Å². The summed E-state index contributed by atoms with van der Waals surface area (Å²) in [6.07, 6.45) is 0.270. The molecule has 5 nitrogen and oxygen atoms in total. The van der Waals surface area contributed by atoms with Crippen molar-refractivity contribution in [3.8, 4) is 5.75 Å². The minimum Gasteiger partial charge on any atom is -0.492 e. The van der Waals surface area contributed by atoms with Gasteiger partial charge in [0, 0.05) is 6.54 Å². The van der Waals surface area contributed by atoms with Crippen LogP contribution in [0.5, 0.6) is 5.75 Å². The molecule has 0 aliphatic rings. The summed E-state index contributed by atoms with van der Waals surface area (Å²) in [5.74, 6) is 0.797. The second-order valence-corrected chi connectivity index (χ2v) is 6.49. The molecule has 1 atom stereocenters. The Hall–Kier alpha value is -1.75. The van der Waals surface area contributed by atoms with Gasteiger partial charge in [-0.1, -0.05) is 31.5 Å². The Kier molecular flexibility index (Phi) is 7.18. The first-order valence-electron chi connectivity index (χ1n) is 7.68. The number of aliphatic hydroxyl groups is 1. The fourth-order valence-corrected chi connectivity index (χ4v) is 2.22. The average Bonchev–Trinajstić information content (AvgIpc) is 2.42. The van der Waals surface area contributed by atoms with E-state index in [1.54, 1.807) is 6.92 Å². The van der Waals surface area contributed by atoms with Crippen molar-refractivity contribution in [2.24, 2.45) is 5.41 Å². The van der Waals surface area contributed by atoms with Crippen molar-refractivity contribution in [1.29, 1.82) is 0 Å². The number of ether oxygens (including phenoxy) is 1.